The maximum absolute atomic E-state index is 2.30. The summed E-state index contributed by atoms with van der Waals surface area (Å²) in [7, 11) is 9.27. The first kappa shape index (κ1) is 12.6. The molecule has 1 N–H and O–H groups in total. The van der Waals surface area contributed by atoms with Crippen molar-refractivity contribution in [2.45, 2.75) is 5.50 Å². The van der Waals surface area contributed by atoms with Crippen molar-refractivity contribution in [3.8, 4) is 0 Å². The van der Waals surface area contributed by atoms with Gasteiger partial charge in [-0.15, -0.1) is 0 Å². The Labute approximate surface area is 84.0 Å². The average molecular weight is 210 g/mol. The van der Waals surface area contributed by atoms with Gasteiger partial charge in [-0.3, -0.25) is 4.90 Å². The predicted octanol–water partition coefficient (Wildman–Crippen LogP) is -0.455. The third-order valence-corrected chi connectivity index (χ3v) is 5.06. The number of nitrogens with one attached hydrogen (secondary N) is 1. The second-order valence-electron chi connectivity index (χ2n) is 3.66. The minimum atomic E-state index is 0.554. The van der Waals surface area contributed by atoms with Gasteiger partial charge in [-0.25, -0.2) is 0 Å². The first-order valence-electron chi connectivity index (χ1n) is 4.07. The summed E-state index contributed by atoms with van der Waals surface area (Å²) in [5.41, 5.74) is 0.597. The first-order valence-corrected chi connectivity index (χ1v) is 7.33. The van der Waals surface area contributed by atoms with Gasteiger partial charge in [0.15, 0.2) is 10.6 Å². The molecule has 0 aromatic carbocycles. The van der Waals surface area contributed by atoms with Crippen molar-refractivity contribution >= 4 is 22.7 Å². The zero-order chi connectivity index (χ0) is 9.72. The molecule has 0 aliphatic heterocycles. The molecule has 0 aromatic heterocycles. The van der Waals surface area contributed by atoms with E-state index in [4.69, 9.17) is 0 Å². The number of thioether (sulfide) groups is 1. The van der Waals surface area contributed by atoms with Crippen molar-refractivity contribution in [3.05, 3.63) is 0 Å². The molecule has 0 amide bonds. The molecule has 0 aliphatic rings. The fourth-order valence-corrected chi connectivity index (χ4v) is 3.27. The summed E-state index contributed by atoms with van der Waals surface area (Å²) in [4.78, 5) is 3.78. The minimum Gasteiger partial charge on any atom is -0.316 e. The van der Waals surface area contributed by atoms with E-state index >= 15 is 0 Å². The monoisotopic (exact) mass is 210 g/mol. The van der Waals surface area contributed by atoms with Gasteiger partial charge in [0.05, 0.1) is 26.6 Å². The lowest BCUT2D eigenvalue weighted by Gasteiger charge is -2.25. The third kappa shape index (κ3) is 5.30. The van der Waals surface area contributed by atoms with Crippen LogP contribution in [0.25, 0.3) is 0 Å². The quantitative estimate of drug-likeness (QED) is 0.485. The van der Waals surface area contributed by atoms with Crippen molar-refractivity contribution in [2.24, 2.45) is 0 Å². The molecule has 0 fully saturated rings. The van der Waals surface area contributed by atoms with Crippen LogP contribution in [0.15, 0.2) is 0 Å². The molecule has 1 atom stereocenters. The van der Waals surface area contributed by atoms with E-state index in [0.717, 1.165) is 0 Å². The zero-order valence-electron chi connectivity index (χ0n) is 9.05. The number of hydrogen-bond donors (Lipinski definition) is 1. The summed E-state index contributed by atoms with van der Waals surface area (Å²) >= 11 is 2.05. The average Bonchev–Trinajstić information content (AvgIpc) is 1.84. The lowest BCUT2D eigenvalue weighted by Crippen LogP contribution is -3.11. The van der Waals surface area contributed by atoms with Crippen molar-refractivity contribution in [1.82, 2.24) is 4.90 Å². The highest BCUT2D eigenvalue weighted by atomic mass is 32.2. The van der Waals surface area contributed by atoms with E-state index in [0.29, 0.717) is 16.4 Å². The van der Waals surface area contributed by atoms with Crippen molar-refractivity contribution < 1.29 is 4.90 Å². The summed E-state index contributed by atoms with van der Waals surface area (Å²) in [6.45, 7) is 0. The van der Waals surface area contributed by atoms with Crippen LogP contribution in [0.2, 0.25) is 0 Å². The Kier molecular flexibility index (Phi) is 6.45. The van der Waals surface area contributed by atoms with Gasteiger partial charge >= 0.3 is 0 Å². The van der Waals surface area contributed by atoms with E-state index in [-0.39, 0.29) is 0 Å². The van der Waals surface area contributed by atoms with Crippen LogP contribution in [-0.4, -0.2) is 56.2 Å². The van der Waals surface area contributed by atoms with Crippen LogP contribution in [0.3, 0.4) is 0 Å². The van der Waals surface area contributed by atoms with Crippen LogP contribution < -0.4 is 4.90 Å². The van der Waals surface area contributed by atoms with Gasteiger partial charge in [0.1, 0.15) is 0 Å². The second kappa shape index (κ2) is 6.13. The summed E-state index contributed by atoms with van der Waals surface area (Å²) in [5.74, 6) is 0. The summed E-state index contributed by atoms with van der Waals surface area (Å²) in [6.07, 6.45) is 4.59. The van der Waals surface area contributed by atoms with Crippen molar-refractivity contribution in [3.63, 3.8) is 0 Å². The normalized spacial score (nSPS) is 14.8. The highest BCUT2D eigenvalue weighted by Crippen LogP contribution is 2.09. The molecule has 0 rings (SSSR count). The summed E-state index contributed by atoms with van der Waals surface area (Å²) < 4.78 is 0. The molecule has 0 bridgehead atoms. The SMILES string of the molecule is CN(C)C(SC[S+](C)C)[NH+](C)C. The van der Waals surface area contributed by atoms with Gasteiger partial charge in [0.2, 0.25) is 0 Å². The smallest absolute Gasteiger partial charge is 0.195 e. The molecule has 12 heavy (non-hydrogen) atoms. The van der Waals surface area contributed by atoms with E-state index in [1.54, 1.807) is 0 Å². The molecule has 0 aliphatic carbocycles. The Morgan fingerprint density at radius 3 is 2.08 bits per heavy atom. The highest BCUT2D eigenvalue weighted by molar-refractivity contribution is 8.14. The molecule has 4 heteroatoms. The number of rotatable bonds is 5. The standard InChI is InChI=1S/C8H21N2S2/c1-9(2)8(10(3)4)11-7-12(5)6/h8H,7H2,1-6H3/q+1/p+1. The fourth-order valence-electron chi connectivity index (χ4n) is 1.03. The Morgan fingerprint density at radius 2 is 1.83 bits per heavy atom. The van der Waals surface area contributed by atoms with Crippen LogP contribution in [0.4, 0.5) is 0 Å². The third-order valence-electron chi connectivity index (χ3n) is 1.42. The number of hydrogen-bond acceptors (Lipinski definition) is 2. The van der Waals surface area contributed by atoms with Gasteiger partial charge in [0.25, 0.3) is 0 Å². The number of nitrogens with zero attached hydrogens (tertiary/aromatic N) is 1. The molecule has 0 aromatic rings. The Morgan fingerprint density at radius 1 is 1.33 bits per heavy atom. The van der Waals surface area contributed by atoms with E-state index in [1.165, 1.54) is 9.98 Å². The molecule has 0 radical (unpaired) electrons. The Bertz CT molecular complexity index is 108. The fraction of sp³-hybridized carbons (Fsp3) is 1.00. The van der Waals surface area contributed by atoms with Crippen molar-refractivity contribution in [1.29, 1.82) is 0 Å². The zero-order valence-corrected chi connectivity index (χ0v) is 10.7. The van der Waals surface area contributed by atoms with Crippen LogP contribution in [0.5, 0.6) is 0 Å². The van der Waals surface area contributed by atoms with Gasteiger partial charge in [-0.2, -0.15) is 0 Å². The van der Waals surface area contributed by atoms with Gasteiger partial charge in [0, 0.05) is 0 Å². The van der Waals surface area contributed by atoms with Gasteiger partial charge in [-0.1, -0.05) is 0 Å². The van der Waals surface area contributed by atoms with E-state index in [1.807, 2.05) is 11.8 Å². The second-order valence-corrected chi connectivity index (χ2v) is 7.36. The summed E-state index contributed by atoms with van der Waals surface area (Å²) in [6, 6.07) is 0. The lowest BCUT2D eigenvalue weighted by atomic mass is 10.8. The largest absolute Gasteiger partial charge is 0.316 e. The molecule has 74 valence electrons. The molecule has 2 nitrogen and oxygen atoms in total. The van der Waals surface area contributed by atoms with Gasteiger partial charge in [-0.05, 0) is 36.8 Å². The first-order chi connectivity index (χ1) is 5.45. The maximum Gasteiger partial charge on any atom is 0.195 e. The molecule has 0 saturated carbocycles. The lowest BCUT2D eigenvalue weighted by molar-refractivity contribution is -0.880. The van der Waals surface area contributed by atoms with E-state index in [9.17, 15) is 0 Å². The van der Waals surface area contributed by atoms with Crippen LogP contribution in [0, 0.1) is 0 Å². The van der Waals surface area contributed by atoms with Crippen molar-refractivity contribution in [2.75, 3.05) is 45.8 Å². The molecular formula is C8H22N2S2+2. The van der Waals surface area contributed by atoms with Crippen LogP contribution in [-0.2, 0) is 10.9 Å². The molecule has 1 unspecified atom stereocenters. The summed E-state index contributed by atoms with van der Waals surface area (Å²) in [5, 5.41) is 1.27. The molecule has 0 heterocycles. The molecular weight excluding hydrogens is 188 g/mol. The number of quaternary nitrogens is 1. The van der Waals surface area contributed by atoms with Crippen LogP contribution >= 0.6 is 11.8 Å². The molecule has 0 spiro atoms. The topological polar surface area (TPSA) is 7.68 Å². The Hall–Kier alpha value is 0.620. The predicted molar refractivity (Wildman–Crippen MR) is 62.0 cm³/mol. The van der Waals surface area contributed by atoms with E-state index < -0.39 is 0 Å². The van der Waals surface area contributed by atoms with Gasteiger partial charge < -0.3 is 4.90 Å². The van der Waals surface area contributed by atoms with Crippen LogP contribution in [0.1, 0.15) is 0 Å². The van der Waals surface area contributed by atoms with E-state index in [2.05, 4.69) is 45.6 Å². The molecule has 0 saturated heterocycles. The minimum absolute atomic E-state index is 0.554. The maximum atomic E-state index is 2.30. The Balaban J connectivity index is 3.80. The highest BCUT2D eigenvalue weighted by Gasteiger charge is 2.20.